The molecule has 2 atom stereocenters. The van der Waals surface area contributed by atoms with Crippen LogP contribution in [0.5, 0.6) is 0 Å². The van der Waals surface area contributed by atoms with Gasteiger partial charge in [0.2, 0.25) is 0 Å². The van der Waals surface area contributed by atoms with Crippen molar-refractivity contribution in [2.75, 3.05) is 0 Å². The SMILES string of the molecule is CCC1(C)C=CC=CC1[Si](Cl)(Cl)Cl. The van der Waals surface area contributed by atoms with Crippen LogP contribution < -0.4 is 0 Å². The standard InChI is InChI=1S/C9H13Cl3Si/c1-3-9(2)7-5-4-6-8(9)13(10,11)12/h4-8H,3H2,1-2H3. The van der Waals surface area contributed by atoms with Crippen molar-refractivity contribution in [3.8, 4) is 0 Å². The molecule has 74 valence electrons. The predicted molar refractivity (Wildman–Crippen MR) is 63.7 cm³/mol. The second kappa shape index (κ2) is 3.97. The Morgan fingerprint density at radius 1 is 1.31 bits per heavy atom. The van der Waals surface area contributed by atoms with Crippen LogP contribution in [0.15, 0.2) is 24.3 Å². The molecule has 0 heterocycles. The summed E-state index contributed by atoms with van der Waals surface area (Å²) in [6.07, 6.45) is 9.18. The predicted octanol–water partition coefficient (Wildman–Crippen LogP) is 4.55. The van der Waals surface area contributed by atoms with Gasteiger partial charge >= 0.3 is 6.00 Å². The smallest absolute Gasteiger partial charge is 0.125 e. The number of hydrogen-bond donors (Lipinski definition) is 0. The lowest BCUT2D eigenvalue weighted by atomic mass is 9.81. The molecule has 0 bridgehead atoms. The molecule has 1 aliphatic carbocycles. The van der Waals surface area contributed by atoms with Crippen LogP contribution in [0.1, 0.15) is 20.3 Å². The van der Waals surface area contributed by atoms with Gasteiger partial charge in [-0.3, -0.25) is 0 Å². The summed E-state index contributed by atoms with van der Waals surface area (Å²) in [6, 6.07) is -2.63. The number of hydrogen-bond acceptors (Lipinski definition) is 0. The van der Waals surface area contributed by atoms with Crippen molar-refractivity contribution in [2.45, 2.75) is 25.8 Å². The first-order valence-electron chi connectivity index (χ1n) is 4.33. The van der Waals surface area contributed by atoms with E-state index in [1.807, 2.05) is 18.2 Å². The maximum absolute atomic E-state index is 6.06. The molecule has 0 aliphatic heterocycles. The van der Waals surface area contributed by atoms with Gasteiger partial charge in [-0.1, -0.05) is 38.2 Å². The molecular formula is C9H13Cl3Si. The van der Waals surface area contributed by atoms with Crippen molar-refractivity contribution in [2.24, 2.45) is 5.41 Å². The van der Waals surface area contributed by atoms with Crippen LogP contribution >= 0.6 is 33.2 Å². The first-order chi connectivity index (χ1) is 5.90. The zero-order valence-electron chi connectivity index (χ0n) is 7.73. The van der Waals surface area contributed by atoms with E-state index in [0.29, 0.717) is 0 Å². The van der Waals surface area contributed by atoms with Gasteiger partial charge in [-0.15, -0.1) is 33.2 Å². The molecule has 0 aromatic carbocycles. The Hall–Kier alpha value is 0.567. The van der Waals surface area contributed by atoms with Gasteiger partial charge in [0.25, 0.3) is 0 Å². The van der Waals surface area contributed by atoms with Crippen LogP contribution in [0.2, 0.25) is 5.54 Å². The first-order valence-corrected chi connectivity index (χ1v) is 9.44. The Kier molecular flexibility index (Phi) is 3.56. The molecule has 13 heavy (non-hydrogen) atoms. The summed E-state index contributed by atoms with van der Waals surface area (Å²) in [4.78, 5) is 0. The lowest BCUT2D eigenvalue weighted by Gasteiger charge is -2.37. The molecule has 0 saturated carbocycles. The minimum absolute atomic E-state index is 0.0201. The largest absolute Gasteiger partial charge is 0.348 e. The number of rotatable bonds is 2. The van der Waals surface area contributed by atoms with Crippen LogP contribution in [0.3, 0.4) is 0 Å². The minimum Gasteiger partial charge on any atom is -0.125 e. The molecule has 4 heteroatoms. The van der Waals surface area contributed by atoms with Crippen molar-refractivity contribution >= 4 is 39.2 Å². The zero-order chi connectivity index (χ0) is 10.1. The number of halogens is 3. The van der Waals surface area contributed by atoms with Crippen molar-refractivity contribution < 1.29 is 0 Å². The maximum Gasteiger partial charge on any atom is 0.348 e. The van der Waals surface area contributed by atoms with Crippen molar-refractivity contribution in [3.63, 3.8) is 0 Å². The molecule has 0 N–H and O–H groups in total. The third kappa shape index (κ3) is 2.53. The van der Waals surface area contributed by atoms with E-state index in [0.717, 1.165) is 6.42 Å². The zero-order valence-corrected chi connectivity index (χ0v) is 11.0. The highest BCUT2D eigenvalue weighted by Gasteiger charge is 2.45. The highest BCUT2D eigenvalue weighted by atomic mass is 35.8. The van der Waals surface area contributed by atoms with Crippen molar-refractivity contribution in [3.05, 3.63) is 24.3 Å². The fraction of sp³-hybridized carbons (Fsp3) is 0.556. The molecule has 0 nitrogen and oxygen atoms in total. The second-order valence-electron chi connectivity index (χ2n) is 3.62. The van der Waals surface area contributed by atoms with E-state index in [9.17, 15) is 0 Å². The van der Waals surface area contributed by atoms with E-state index < -0.39 is 6.00 Å². The topological polar surface area (TPSA) is 0 Å². The third-order valence-electron chi connectivity index (χ3n) is 2.72. The van der Waals surface area contributed by atoms with E-state index in [1.54, 1.807) is 0 Å². The minimum atomic E-state index is -2.63. The Labute approximate surface area is 94.7 Å². The van der Waals surface area contributed by atoms with Crippen LogP contribution in [0.4, 0.5) is 0 Å². The lowest BCUT2D eigenvalue weighted by molar-refractivity contribution is 0.411. The number of allylic oxidation sites excluding steroid dienone is 4. The second-order valence-corrected chi connectivity index (χ2v) is 12.4. The summed E-state index contributed by atoms with van der Waals surface area (Å²) in [5.41, 5.74) is 0.117. The fourth-order valence-corrected chi connectivity index (χ4v) is 5.87. The Balaban J connectivity index is 2.96. The van der Waals surface area contributed by atoms with Gasteiger partial charge in [-0.25, -0.2) is 0 Å². The fourth-order valence-electron chi connectivity index (χ4n) is 1.59. The average Bonchev–Trinajstić information content (AvgIpc) is 2.03. The normalized spacial score (nSPS) is 33.8. The van der Waals surface area contributed by atoms with Gasteiger partial charge in [0.1, 0.15) is 0 Å². The molecule has 1 aliphatic rings. The van der Waals surface area contributed by atoms with Gasteiger partial charge in [0, 0.05) is 5.54 Å². The summed E-state index contributed by atoms with van der Waals surface area (Å²) in [7, 11) is 0. The lowest BCUT2D eigenvalue weighted by Crippen LogP contribution is -2.33. The molecule has 0 fully saturated rings. The summed E-state index contributed by atoms with van der Waals surface area (Å²) < 4.78 is 0. The van der Waals surface area contributed by atoms with Crippen LogP contribution in [-0.2, 0) is 0 Å². The molecule has 2 unspecified atom stereocenters. The van der Waals surface area contributed by atoms with Crippen LogP contribution in [-0.4, -0.2) is 6.00 Å². The molecule has 0 aromatic heterocycles. The van der Waals surface area contributed by atoms with E-state index in [4.69, 9.17) is 33.2 Å². The summed E-state index contributed by atoms with van der Waals surface area (Å²) >= 11 is 18.2. The molecule has 0 saturated heterocycles. The molecule has 1 rings (SSSR count). The maximum atomic E-state index is 6.06. The summed E-state index contributed by atoms with van der Waals surface area (Å²) in [6.45, 7) is 4.27. The monoisotopic (exact) mass is 254 g/mol. The van der Waals surface area contributed by atoms with Gasteiger partial charge in [0.05, 0.1) is 0 Å². The van der Waals surface area contributed by atoms with E-state index >= 15 is 0 Å². The van der Waals surface area contributed by atoms with Gasteiger partial charge in [-0.2, -0.15) is 0 Å². The van der Waals surface area contributed by atoms with E-state index in [1.165, 1.54) is 0 Å². The Morgan fingerprint density at radius 3 is 2.31 bits per heavy atom. The third-order valence-corrected chi connectivity index (χ3v) is 6.39. The highest BCUT2D eigenvalue weighted by Crippen LogP contribution is 2.50. The molecular weight excluding hydrogens is 243 g/mol. The average molecular weight is 256 g/mol. The van der Waals surface area contributed by atoms with Gasteiger partial charge < -0.3 is 0 Å². The molecule has 0 aromatic rings. The summed E-state index contributed by atoms with van der Waals surface area (Å²) in [5.74, 6) is 0. The Morgan fingerprint density at radius 2 is 1.92 bits per heavy atom. The van der Waals surface area contributed by atoms with Crippen LogP contribution in [0, 0.1) is 5.41 Å². The molecule has 0 spiro atoms. The van der Waals surface area contributed by atoms with Gasteiger partial charge in [-0.05, 0) is 11.8 Å². The first kappa shape index (κ1) is 11.6. The molecule has 0 radical (unpaired) electrons. The van der Waals surface area contributed by atoms with E-state index in [2.05, 4.69) is 19.9 Å². The van der Waals surface area contributed by atoms with E-state index in [-0.39, 0.29) is 11.0 Å². The summed E-state index contributed by atoms with van der Waals surface area (Å²) in [5, 5.41) is 0. The quantitative estimate of drug-likeness (QED) is 0.501. The van der Waals surface area contributed by atoms with Crippen molar-refractivity contribution in [1.29, 1.82) is 0 Å². The van der Waals surface area contributed by atoms with Crippen LogP contribution in [0.25, 0.3) is 0 Å². The Bertz CT molecular complexity index is 242. The molecule has 0 amide bonds. The van der Waals surface area contributed by atoms with Gasteiger partial charge in [0.15, 0.2) is 0 Å². The van der Waals surface area contributed by atoms with Crippen molar-refractivity contribution in [1.82, 2.24) is 0 Å². The highest BCUT2D eigenvalue weighted by molar-refractivity contribution is 7.65.